The average molecular weight is 289 g/mol. The van der Waals surface area contributed by atoms with E-state index in [4.69, 9.17) is 16.0 Å². The maximum atomic E-state index is 6.08. The average Bonchev–Trinajstić information content (AvgIpc) is 3.08. The van der Waals surface area contributed by atoms with E-state index in [0.717, 1.165) is 10.4 Å². The molecule has 0 radical (unpaired) electrons. The van der Waals surface area contributed by atoms with E-state index < -0.39 is 0 Å². The zero-order valence-electron chi connectivity index (χ0n) is 9.79. The van der Waals surface area contributed by atoms with Crippen LogP contribution in [0.4, 0.5) is 0 Å². The number of rotatable bonds is 3. The molecule has 3 nitrogen and oxygen atoms in total. The van der Waals surface area contributed by atoms with Crippen LogP contribution in [-0.4, -0.2) is 10.2 Å². The Hall–Kier alpha value is -1.91. The van der Waals surface area contributed by atoms with Crippen molar-refractivity contribution >= 4 is 35.1 Å². The molecule has 0 amide bonds. The van der Waals surface area contributed by atoms with E-state index in [1.807, 2.05) is 41.8 Å². The van der Waals surface area contributed by atoms with Crippen molar-refractivity contribution in [2.24, 2.45) is 0 Å². The fraction of sp³-hybridized carbons (Fsp3) is 0. The molecule has 0 aliphatic heterocycles. The first kappa shape index (κ1) is 12.1. The third-order valence-electron chi connectivity index (χ3n) is 2.48. The molecule has 94 valence electrons. The summed E-state index contributed by atoms with van der Waals surface area (Å²) in [5, 5.41) is 10.6. The third kappa shape index (κ3) is 2.75. The molecular weight excluding hydrogens is 280 g/mol. The summed E-state index contributed by atoms with van der Waals surface area (Å²) in [6.45, 7) is 0. The molecule has 2 heterocycles. The number of aromatic nitrogens is 2. The lowest BCUT2D eigenvalue weighted by Crippen LogP contribution is -1.78. The number of benzene rings is 1. The Bertz CT molecular complexity index is 704. The smallest absolute Gasteiger partial charge is 0.249 e. The summed E-state index contributed by atoms with van der Waals surface area (Å²) in [5.41, 5.74) is 0.743. The molecule has 0 bridgehead atoms. The van der Waals surface area contributed by atoms with Gasteiger partial charge in [0.1, 0.15) is 0 Å². The minimum atomic E-state index is 0.427. The second-order valence-corrected chi connectivity index (χ2v) is 5.16. The van der Waals surface area contributed by atoms with Gasteiger partial charge in [0, 0.05) is 11.0 Å². The van der Waals surface area contributed by atoms with Crippen LogP contribution in [0.3, 0.4) is 0 Å². The molecule has 0 spiro atoms. The Kier molecular flexibility index (Phi) is 3.44. The SMILES string of the molecule is Clc1ccccc1-c1nnc(C=Cc2cccs2)o1. The van der Waals surface area contributed by atoms with Crippen LogP contribution in [0.2, 0.25) is 5.02 Å². The number of halogens is 1. The zero-order chi connectivity index (χ0) is 13.1. The Balaban J connectivity index is 1.86. The van der Waals surface area contributed by atoms with Crippen molar-refractivity contribution in [2.45, 2.75) is 0 Å². The predicted molar refractivity (Wildman–Crippen MR) is 78.0 cm³/mol. The van der Waals surface area contributed by atoms with Crippen molar-refractivity contribution < 1.29 is 4.42 Å². The maximum absolute atomic E-state index is 6.08. The minimum Gasteiger partial charge on any atom is -0.417 e. The molecule has 1 aromatic carbocycles. The van der Waals surface area contributed by atoms with Crippen molar-refractivity contribution in [3.63, 3.8) is 0 Å². The second-order valence-electron chi connectivity index (χ2n) is 3.77. The lowest BCUT2D eigenvalue weighted by atomic mass is 10.2. The predicted octanol–water partition coefficient (Wildman–Crippen LogP) is 4.62. The van der Waals surface area contributed by atoms with Gasteiger partial charge in [-0.25, -0.2) is 0 Å². The molecule has 0 atom stereocenters. The number of hydrogen-bond acceptors (Lipinski definition) is 4. The van der Waals surface area contributed by atoms with Crippen molar-refractivity contribution in [3.05, 3.63) is 57.6 Å². The highest BCUT2D eigenvalue weighted by molar-refractivity contribution is 7.10. The quantitative estimate of drug-likeness (QED) is 0.706. The van der Waals surface area contributed by atoms with Crippen LogP contribution in [0.1, 0.15) is 10.8 Å². The number of nitrogens with zero attached hydrogens (tertiary/aromatic N) is 2. The summed E-state index contributed by atoms with van der Waals surface area (Å²) in [5.74, 6) is 0.889. The Morgan fingerprint density at radius 2 is 1.95 bits per heavy atom. The number of hydrogen-bond donors (Lipinski definition) is 0. The van der Waals surface area contributed by atoms with Crippen molar-refractivity contribution in [1.82, 2.24) is 10.2 Å². The van der Waals surface area contributed by atoms with Gasteiger partial charge < -0.3 is 4.42 Å². The van der Waals surface area contributed by atoms with E-state index in [-0.39, 0.29) is 0 Å². The van der Waals surface area contributed by atoms with Crippen molar-refractivity contribution in [1.29, 1.82) is 0 Å². The van der Waals surface area contributed by atoms with Crippen molar-refractivity contribution in [3.8, 4) is 11.5 Å². The fourth-order valence-corrected chi connectivity index (χ4v) is 2.42. The van der Waals surface area contributed by atoms with Gasteiger partial charge in [-0.3, -0.25) is 0 Å². The molecule has 0 aliphatic carbocycles. The van der Waals surface area contributed by atoms with Crippen molar-refractivity contribution in [2.75, 3.05) is 0 Å². The van der Waals surface area contributed by atoms with E-state index in [9.17, 15) is 0 Å². The van der Waals surface area contributed by atoms with Gasteiger partial charge in [0.05, 0.1) is 10.6 Å². The molecule has 0 saturated heterocycles. The van der Waals surface area contributed by atoms with Gasteiger partial charge in [0.15, 0.2) is 0 Å². The van der Waals surface area contributed by atoms with E-state index in [1.165, 1.54) is 0 Å². The Labute approximate surface area is 119 Å². The molecule has 0 saturated carbocycles. The summed E-state index contributed by atoms with van der Waals surface area (Å²) in [4.78, 5) is 1.14. The Morgan fingerprint density at radius 3 is 2.74 bits per heavy atom. The van der Waals surface area contributed by atoms with Crippen LogP contribution in [0, 0.1) is 0 Å². The van der Waals surface area contributed by atoms with Crippen LogP contribution in [0.5, 0.6) is 0 Å². The van der Waals surface area contributed by atoms with Gasteiger partial charge in [0.2, 0.25) is 11.8 Å². The third-order valence-corrected chi connectivity index (χ3v) is 3.65. The standard InChI is InChI=1S/C14H9ClN2OS/c15-12-6-2-1-5-11(12)14-17-16-13(18-14)8-7-10-4-3-9-19-10/h1-9H. The number of thiophene rings is 1. The molecule has 19 heavy (non-hydrogen) atoms. The first-order chi connectivity index (χ1) is 9.33. The molecule has 0 aliphatic rings. The monoisotopic (exact) mass is 288 g/mol. The summed E-state index contributed by atoms with van der Waals surface area (Å²) >= 11 is 7.73. The molecule has 0 N–H and O–H groups in total. The first-order valence-electron chi connectivity index (χ1n) is 5.63. The molecule has 2 aromatic heterocycles. The second kappa shape index (κ2) is 5.38. The van der Waals surface area contributed by atoms with Crippen LogP contribution in [0.15, 0.2) is 46.2 Å². The van der Waals surface area contributed by atoms with Gasteiger partial charge in [-0.1, -0.05) is 29.8 Å². The van der Waals surface area contributed by atoms with Crippen LogP contribution >= 0.6 is 22.9 Å². The van der Waals surface area contributed by atoms with Gasteiger partial charge in [-0.2, -0.15) is 0 Å². The first-order valence-corrected chi connectivity index (χ1v) is 6.89. The molecule has 3 aromatic rings. The Morgan fingerprint density at radius 1 is 1.05 bits per heavy atom. The van der Waals surface area contributed by atoms with Crippen LogP contribution < -0.4 is 0 Å². The zero-order valence-corrected chi connectivity index (χ0v) is 11.4. The van der Waals surface area contributed by atoms with Gasteiger partial charge in [-0.15, -0.1) is 21.5 Å². The van der Waals surface area contributed by atoms with Gasteiger partial charge in [-0.05, 0) is 29.7 Å². The van der Waals surface area contributed by atoms with E-state index in [1.54, 1.807) is 23.5 Å². The molecule has 0 unspecified atom stereocenters. The molecule has 5 heteroatoms. The normalized spacial score (nSPS) is 11.2. The summed E-state index contributed by atoms with van der Waals surface area (Å²) in [6.07, 6.45) is 3.73. The fourth-order valence-electron chi connectivity index (χ4n) is 1.58. The van der Waals surface area contributed by atoms with E-state index in [0.29, 0.717) is 16.8 Å². The van der Waals surface area contributed by atoms with Gasteiger partial charge >= 0.3 is 0 Å². The minimum absolute atomic E-state index is 0.427. The highest BCUT2D eigenvalue weighted by Gasteiger charge is 2.09. The highest BCUT2D eigenvalue weighted by Crippen LogP contribution is 2.26. The van der Waals surface area contributed by atoms with E-state index in [2.05, 4.69) is 10.2 Å². The summed E-state index contributed by atoms with van der Waals surface area (Å²) < 4.78 is 5.56. The summed E-state index contributed by atoms with van der Waals surface area (Å²) in [7, 11) is 0. The lowest BCUT2D eigenvalue weighted by Gasteiger charge is -1.96. The highest BCUT2D eigenvalue weighted by atomic mass is 35.5. The maximum Gasteiger partial charge on any atom is 0.249 e. The van der Waals surface area contributed by atoms with Crippen LogP contribution in [-0.2, 0) is 0 Å². The largest absolute Gasteiger partial charge is 0.417 e. The van der Waals surface area contributed by atoms with E-state index >= 15 is 0 Å². The summed E-state index contributed by atoms with van der Waals surface area (Å²) in [6, 6.07) is 11.4. The lowest BCUT2D eigenvalue weighted by molar-refractivity contribution is 0.558. The molecule has 0 fully saturated rings. The molecule has 3 rings (SSSR count). The topological polar surface area (TPSA) is 38.9 Å². The molecular formula is C14H9ClN2OS. The van der Waals surface area contributed by atoms with Crippen LogP contribution in [0.25, 0.3) is 23.6 Å². The van der Waals surface area contributed by atoms with Gasteiger partial charge in [0.25, 0.3) is 0 Å².